The fourth-order valence-electron chi connectivity index (χ4n) is 1.41. The smallest absolute Gasteiger partial charge is 0.324 e. The SMILES string of the molecule is Cn1ncc(N)c1NC(=O)Nc1ccc(F)cc1. The minimum Gasteiger partial charge on any atom is -0.394 e. The number of halogens is 1. The summed E-state index contributed by atoms with van der Waals surface area (Å²) in [5, 5.41) is 8.99. The topological polar surface area (TPSA) is 85.0 Å². The summed E-state index contributed by atoms with van der Waals surface area (Å²) in [5.74, 6) is 0.0337. The van der Waals surface area contributed by atoms with Crippen LogP contribution in [-0.4, -0.2) is 15.8 Å². The first-order valence-corrected chi connectivity index (χ1v) is 5.17. The molecule has 0 aliphatic rings. The van der Waals surface area contributed by atoms with Gasteiger partial charge < -0.3 is 11.1 Å². The Morgan fingerprint density at radius 2 is 2.00 bits per heavy atom. The van der Waals surface area contributed by atoms with E-state index in [-0.39, 0.29) is 5.82 Å². The highest BCUT2D eigenvalue weighted by Gasteiger charge is 2.09. The van der Waals surface area contributed by atoms with Crippen LogP contribution in [0.1, 0.15) is 0 Å². The minimum absolute atomic E-state index is 0.364. The Balaban J connectivity index is 2.03. The first-order chi connectivity index (χ1) is 8.56. The number of aryl methyl sites for hydroxylation is 1. The van der Waals surface area contributed by atoms with Crippen LogP contribution < -0.4 is 16.4 Å². The molecule has 6 nitrogen and oxygen atoms in total. The van der Waals surface area contributed by atoms with Crippen molar-refractivity contribution < 1.29 is 9.18 Å². The zero-order valence-electron chi connectivity index (χ0n) is 9.64. The van der Waals surface area contributed by atoms with E-state index in [0.717, 1.165) is 0 Å². The van der Waals surface area contributed by atoms with E-state index in [1.807, 2.05) is 0 Å². The fourth-order valence-corrected chi connectivity index (χ4v) is 1.41. The number of rotatable bonds is 2. The van der Waals surface area contributed by atoms with Gasteiger partial charge in [-0.15, -0.1) is 0 Å². The van der Waals surface area contributed by atoms with Crippen molar-refractivity contribution in [2.24, 2.45) is 7.05 Å². The Morgan fingerprint density at radius 1 is 1.33 bits per heavy atom. The van der Waals surface area contributed by atoms with Gasteiger partial charge in [0.05, 0.1) is 11.9 Å². The molecule has 0 radical (unpaired) electrons. The van der Waals surface area contributed by atoms with E-state index >= 15 is 0 Å². The molecular weight excluding hydrogens is 237 g/mol. The summed E-state index contributed by atoms with van der Waals surface area (Å²) in [6.07, 6.45) is 1.44. The van der Waals surface area contributed by atoms with Crippen molar-refractivity contribution in [2.75, 3.05) is 16.4 Å². The molecule has 1 aromatic carbocycles. The summed E-state index contributed by atoms with van der Waals surface area (Å²) in [6.45, 7) is 0. The lowest BCUT2D eigenvalue weighted by molar-refractivity contribution is 0.262. The van der Waals surface area contributed by atoms with Crippen LogP contribution in [-0.2, 0) is 7.05 Å². The number of hydrogen-bond acceptors (Lipinski definition) is 3. The maximum atomic E-state index is 12.7. The molecular formula is C11H12FN5O. The Labute approximate surface area is 103 Å². The molecule has 18 heavy (non-hydrogen) atoms. The number of carbonyl (C=O) groups is 1. The zero-order chi connectivity index (χ0) is 13.1. The van der Waals surface area contributed by atoms with Gasteiger partial charge in [0.15, 0.2) is 5.82 Å². The monoisotopic (exact) mass is 249 g/mol. The highest BCUT2D eigenvalue weighted by molar-refractivity contribution is 6.00. The van der Waals surface area contributed by atoms with Gasteiger partial charge in [0, 0.05) is 12.7 Å². The quantitative estimate of drug-likeness (QED) is 0.758. The predicted molar refractivity (Wildman–Crippen MR) is 66.7 cm³/mol. The van der Waals surface area contributed by atoms with E-state index in [0.29, 0.717) is 17.2 Å². The second kappa shape index (κ2) is 4.74. The molecule has 0 aliphatic heterocycles. The maximum Gasteiger partial charge on any atom is 0.324 e. The number of carbonyl (C=O) groups excluding carboxylic acids is 1. The summed E-state index contributed by atoms with van der Waals surface area (Å²) in [7, 11) is 1.66. The summed E-state index contributed by atoms with van der Waals surface area (Å²) >= 11 is 0. The Hall–Kier alpha value is -2.57. The van der Waals surface area contributed by atoms with E-state index in [9.17, 15) is 9.18 Å². The summed E-state index contributed by atoms with van der Waals surface area (Å²) in [4.78, 5) is 11.7. The van der Waals surface area contributed by atoms with E-state index < -0.39 is 6.03 Å². The largest absolute Gasteiger partial charge is 0.394 e. The lowest BCUT2D eigenvalue weighted by Crippen LogP contribution is -2.21. The van der Waals surface area contributed by atoms with E-state index in [1.54, 1.807) is 7.05 Å². The zero-order valence-corrected chi connectivity index (χ0v) is 9.64. The summed E-state index contributed by atoms with van der Waals surface area (Å²) in [6, 6.07) is 4.96. The molecule has 0 atom stereocenters. The molecule has 2 amide bonds. The number of nitrogens with zero attached hydrogens (tertiary/aromatic N) is 2. The van der Waals surface area contributed by atoms with Gasteiger partial charge >= 0.3 is 6.03 Å². The number of benzene rings is 1. The highest BCUT2D eigenvalue weighted by atomic mass is 19.1. The molecule has 4 N–H and O–H groups in total. The number of nitrogen functional groups attached to an aromatic ring is 1. The van der Waals surface area contributed by atoms with Crippen LogP contribution in [0.5, 0.6) is 0 Å². The first-order valence-electron chi connectivity index (χ1n) is 5.17. The van der Waals surface area contributed by atoms with Crippen molar-refractivity contribution in [3.05, 3.63) is 36.3 Å². The van der Waals surface area contributed by atoms with Gasteiger partial charge in [-0.3, -0.25) is 10.00 Å². The maximum absolute atomic E-state index is 12.7. The van der Waals surface area contributed by atoms with Crippen LogP contribution in [0.2, 0.25) is 0 Å². The molecule has 0 saturated heterocycles. The van der Waals surface area contributed by atoms with Crippen LogP contribution in [0.25, 0.3) is 0 Å². The Morgan fingerprint density at radius 3 is 2.56 bits per heavy atom. The first kappa shape index (κ1) is 11.9. The Bertz CT molecular complexity index is 544. The average Bonchev–Trinajstić information content (AvgIpc) is 2.64. The second-order valence-electron chi connectivity index (χ2n) is 3.66. The van der Waals surface area contributed by atoms with Gasteiger partial charge in [0.2, 0.25) is 0 Å². The normalized spacial score (nSPS) is 10.1. The van der Waals surface area contributed by atoms with Gasteiger partial charge in [-0.1, -0.05) is 0 Å². The van der Waals surface area contributed by atoms with Gasteiger partial charge in [-0.05, 0) is 24.3 Å². The molecule has 0 aliphatic carbocycles. The third kappa shape index (κ3) is 2.57. The molecule has 2 aromatic rings. The van der Waals surface area contributed by atoms with Gasteiger partial charge in [0.25, 0.3) is 0 Å². The van der Waals surface area contributed by atoms with Gasteiger partial charge in [-0.25, -0.2) is 9.18 Å². The fraction of sp³-hybridized carbons (Fsp3) is 0.0909. The van der Waals surface area contributed by atoms with Crippen molar-refractivity contribution in [1.82, 2.24) is 9.78 Å². The number of anilines is 3. The van der Waals surface area contributed by atoms with Crippen molar-refractivity contribution >= 4 is 23.2 Å². The van der Waals surface area contributed by atoms with Crippen LogP contribution in [0.15, 0.2) is 30.5 Å². The van der Waals surface area contributed by atoms with E-state index in [4.69, 9.17) is 5.73 Å². The number of aromatic nitrogens is 2. The third-order valence-electron chi connectivity index (χ3n) is 2.30. The molecule has 1 heterocycles. The van der Waals surface area contributed by atoms with Crippen molar-refractivity contribution in [3.63, 3.8) is 0 Å². The minimum atomic E-state index is -0.475. The van der Waals surface area contributed by atoms with Crippen LogP contribution in [0.3, 0.4) is 0 Å². The third-order valence-corrected chi connectivity index (χ3v) is 2.30. The molecule has 1 aromatic heterocycles. The molecule has 0 saturated carbocycles. The number of nitrogens with one attached hydrogen (secondary N) is 2. The van der Waals surface area contributed by atoms with E-state index in [2.05, 4.69) is 15.7 Å². The molecule has 0 fully saturated rings. The van der Waals surface area contributed by atoms with E-state index in [1.165, 1.54) is 35.1 Å². The van der Waals surface area contributed by atoms with Crippen molar-refractivity contribution in [2.45, 2.75) is 0 Å². The average molecular weight is 249 g/mol. The molecule has 2 rings (SSSR count). The number of hydrogen-bond donors (Lipinski definition) is 3. The number of nitrogens with two attached hydrogens (primary N) is 1. The standard InChI is InChI=1S/C11H12FN5O/c1-17-10(9(13)6-14-17)16-11(18)15-8-4-2-7(12)3-5-8/h2-6H,13H2,1H3,(H2,15,16,18). The second-order valence-corrected chi connectivity index (χ2v) is 3.66. The molecule has 0 bridgehead atoms. The number of urea groups is 1. The summed E-state index contributed by atoms with van der Waals surface area (Å²) in [5.41, 5.74) is 6.48. The summed E-state index contributed by atoms with van der Waals surface area (Å²) < 4.78 is 14.1. The lowest BCUT2D eigenvalue weighted by atomic mass is 10.3. The van der Waals surface area contributed by atoms with Crippen molar-refractivity contribution in [3.8, 4) is 0 Å². The molecule has 0 unspecified atom stereocenters. The molecule has 94 valence electrons. The van der Waals surface area contributed by atoms with Crippen LogP contribution in [0, 0.1) is 5.82 Å². The molecule has 0 spiro atoms. The number of amides is 2. The Kier molecular flexibility index (Phi) is 3.13. The lowest BCUT2D eigenvalue weighted by Gasteiger charge is -2.08. The van der Waals surface area contributed by atoms with Crippen LogP contribution in [0.4, 0.5) is 26.4 Å². The molecule has 7 heteroatoms. The highest BCUT2D eigenvalue weighted by Crippen LogP contribution is 2.16. The van der Waals surface area contributed by atoms with Crippen molar-refractivity contribution in [1.29, 1.82) is 0 Å². The predicted octanol–water partition coefficient (Wildman–Crippen LogP) is 1.79. The van der Waals surface area contributed by atoms with Crippen LogP contribution >= 0.6 is 0 Å². The van der Waals surface area contributed by atoms with Gasteiger partial charge in [0.1, 0.15) is 5.82 Å². The van der Waals surface area contributed by atoms with Gasteiger partial charge in [-0.2, -0.15) is 5.10 Å².